The van der Waals surface area contributed by atoms with Crippen molar-refractivity contribution in [1.82, 2.24) is 19.6 Å². The fourth-order valence-electron chi connectivity index (χ4n) is 3.19. The maximum Gasteiger partial charge on any atom is 0.275 e. The molecule has 1 aromatic heterocycles. The Labute approximate surface area is 161 Å². The second-order valence-electron chi connectivity index (χ2n) is 6.85. The first-order valence-electron chi connectivity index (χ1n) is 8.85. The van der Waals surface area contributed by atoms with Crippen molar-refractivity contribution in [1.29, 1.82) is 0 Å². The summed E-state index contributed by atoms with van der Waals surface area (Å²) >= 11 is 0. The molecule has 0 aliphatic carbocycles. The zero-order chi connectivity index (χ0) is 20.4. The minimum Gasteiger partial charge on any atom is -0.367 e. The van der Waals surface area contributed by atoms with Gasteiger partial charge < -0.3 is 14.7 Å². The zero-order valence-corrected chi connectivity index (χ0v) is 16.0. The highest BCUT2D eigenvalue weighted by Gasteiger charge is 2.37. The molecular formula is C19H22FN5O3. The molecule has 1 fully saturated rings. The summed E-state index contributed by atoms with van der Waals surface area (Å²) in [7, 11) is 4.73. The third-order valence-electron chi connectivity index (χ3n) is 4.74. The predicted molar refractivity (Wildman–Crippen MR) is 102 cm³/mol. The molecule has 9 heteroatoms. The molecule has 1 atom stereocenters. The average Bonchev–Trinajstić information content (AvgIpc) is 2.69. The van der Waals surface area contributed by atoms with Crippen LogP contribution in [0.4, 0.5) is 10.1 Å². The molecule has 3 rings (SSSR count). The van der Waals surface area contributed by atoms with Crippen LogP contribution in [0.5, 0.6) is 0 Å². The fourth-order valence-corrected chi connectivity index (χ4v) is 3.19. The molecule has 1 aromatic carbocycles. The maximum absolute atomic E-state index is 13.2. The van der Waals surface area contributed by atoms with Crippen LogP contribution >= 0.6 is 0 Å². The summed E-state index contributed by atoms with van der Waals surface area (Å²) in [5.41, 5.74) is 0.567. The van der Waals surface area contributed by atoms with Crippen LogP contribution in [-0.4, -0.2) is 71.2 Å². The summed E-state index contributed by atoms with van der Waals surface area (Å²) in [6.07, 6.45) is 0. The van der Waals surface area contributed by atoms with E-state index in [1.165, 1.54) is 41.1 Å². The van der Waals surface area contributed by atoms with Crippen molar-refractivity contribution in [3.8, 4) is 0 Å². The molecule has 0 N–H and O–H groups in total. The van der Waals surface area contributed by atoms with Crippen molar-refractivity contribution < 1.29 is 14.0 Å². The zero-order valence-electron chi connectivity index (χ0n) is 16.0. The molecule has 0 spiro atoms. The van der Waals surface area contributed by atoms with Crippen molar-refractivity contribution in [3.63, 3.8) is 0 Å². The molecule has 0 bridgehead atoms. The summed E-state index contributed by atoms with van der Waals surface area (Å²) in [5.74, 6) is -0.959. The van der Waals surface area contributed by atoms with Gasteiger partial charge in [0.15, 0.2) is 0 Å². The number of likely N-dealkylation sites (N-methyl/N-ethyl adjacent to an activating group) is 1. The molecule has 1 aliphatic heterocycles. The number of carbonyl (C=O) groups excluding carboxylic acids is 2. The maximum atomic E-state index is 13.2. The number of piperazine rings is 1. The van der Waals surface area contributed by atoms with E-state index in [0.29, 0.717) is 13.1 Å². The lowest BCUT2D eigenvalue weighted by molar-refractivity contribution is -0.133. The molecule has 2 aromatic rings. The summed E-state index contributed by atoms with van der Waals surface area (Å²) < 4.78 is 14.3. The smallest absolute Gasteiger partial charge is 0.275 e. The number of halogens is 1. The third-order valence-corrected chi connectivity index (χ3v) is 4.74. The van der Waals surface area contributed by atoms with Crippen molar-refractivity contribution in [2.24, 2.45) is 7.05 Å². The van der Waals surface area contributed by atoms with E-state index in [1.807, 2.05) is 4.90 Å². The van der Waals surface area contributed by atoms with Crippen LogP contribution < -0.4 is 10.5 Å². The first-order valence-corrected chi connectivity index (χ1v) is 8.85. The third kappa shape index (κ3) is 3.88. The van der Waals surface area contributed by atoms with Crippen LogP contribution in [-0.2, 0) is 11.8 Å². The first-order chi connectivity index (χ1) is 13.3. The highest BCUT2D eigenvalue weighted by atomic mass is 19.1. The van der Waals surface area contributed by atoms with Gasteiger partial charge in [0.25, 0.3) is 11.5 Å². The number of rotatable bonds is 3. The Hall–Kier alpha value is -3.23. The second-order valence-corrected chi connectivity index (χ2v) is 6.85. The van der Waals surface area contributed by atoms with Crippen molar-refractivity contribution in [3.05, 3.63) is 58.3 Å². The van der Waals surface area contributed by atoms with Gasteiger partial charge in [-0.05, 0) is 30.3 Å². The number of carbonyl (C=O) groups is 2. The molecule has 0 saturated carbocycles. The molecular weight excluding hydrogens is 365 g/mol. The number of hydrogen-bond donors (Lipinski definition) is 0. The Bertz CT molecular complexity index is 941. The van der Waals surface area contributed by atoms with Crippen molar-refractivity contribution in [2.45, 2.75) is 6.04 Å². The molecule has 8 nitrogen and oxygen atoms in total. The highest BCUT2D eigenvalue weighted by Crippen LogP contribution is 2.21. The standard InChI is InChI=1S/C19H22FN5O3/c1-22(2)19(28)16-12-24(14-6-4-13(20)5-7-14)10-11-25(16)18(27)15-8-9-17(26)23(3)21-15/h4-9,16H,10-12H2,1-3H3. The van der Waals surface area contributed by atoms with Gasteiger partial charge in [-0.2, -0.15) is 5.10 Å². The highest BCUT2D eigenvalue weighted by molar-refractivity contribution is 5.96. The van der Waals surface area contributed by atoms with E-state index in [-0.39, 0.29) is 29.5 Å². The number of hydrogen-bond acceptors (Lipinski definition) is 5. The number of anilines is 1. The van der Waals surface area contributed by atoms with Gasteiger partial charge in [-0.1, -0.05) is 0 Å². The Kier molecular flexibility index (Phi) is 5.43. The fraction of sp³-hybridized carbons (Fsp3) is 0.368. The average molecular weight is 387 g/mol. The lowest BCUT2D eigenvalue weighted by Gasteiger charge is -2.42. The normalized spacial score (nSPS) is 16.8. The Morgan fingerprint density at radius 2 is 1.79 bits per heavy atom. The molecule has 2 heterocycles. The van der Waals surface area contributed by atoms with Crippen LogP contribution in [0.1, 0.15) is 10.5 Å². The van der Waals surface area contributed by atoms with Crippen LogP contribution in [0.3, 0.4) is 0 Å². The number of aromatic nitrogens is 2. The van der Waals surface area contributed by atoms with Crippen molar-refractivity contribution in [2.75, 3.05) is 38.6 Å². The quantitative estimate of drug-likeness (QED) is 0.759. The van der Waals surface area contributed by atoms with E-state index in [0.717, 1.165) is 10.4 Å². The first kappa shape index (κ1) is 19.5. The Balaban J connectivity index is 1.88. The number of benzene rings is 1. The van der Waals surface area contributed by atoms with E-state index >= 15 is 0 Å². The lowest BCUT2D eigenvalue weighted by Crippen LogP contribution is -2.60. The van der Waals surface area contributed by atoms with Crippen LogP contribution in [0.25, 0.3) is 0 Å². The van der Waals surface area contributed by atoms with Crippen LogP contribution in [0.15, 0.2) is 41.2 Å². The van der Waals surface area contributed by atoms with Gasteiger partial charge in [-0.15, -0.1) is 0 Å². The molecule has 2 amide bonds. The van der Waals surface area contributed by atoms with E-state index in [1.54, 1.807) is 26.2 Å². The lowest BCUT2D eigenvalue weighted by atomic mass is 10.1. The molecule has 1 saturated heterocycles. The molecule has 1 unspecified atom stereocenters. The van der Waals surface area contributed by atoms with Crippen LogP contribution in [0, 0.1) is 5.82 Å². The summed E-state index contributed by atoms with van der Waals surface area (Å²) in [6, 6.07) is 7.96. The van der Waals surface area contributed by atoms with Gasteiger partial charge >= 0.3 is 0 Å². The molecule has 1 aliphatic rings. The van der Waals surface area contributed by atoms with E-state index in [2.05, 4.69) is 5.10 Å². The van der Waals surface area contributed by atoms with Gasteiger partial charge in [-0.25, -0.2) is 9.07 Å². The monoisotopic (exact) mass is 387 g/mol. The van der Waals surface area contributed by atoms with E-state index in [4.69, 9.17) is 0 Å². The largest absolute Gasteiger partial charge is 0.367 e. The van der Waals surface area contributed by atoms with Gasteiger partial charge in [0, 0.05) is 52.5 Å². The Morgan fingerprint density at radius 1 is 1.11 bits per heavy atom. The predicted octanol–water partition coefficient (Wildman–Crippen LogP) is 0.339. The minimum atomic E-state index is -0.722. The van der Waals surface area contributed by atoms with Gasteiger partial charge in [-0.3, -0.25) is 14.4 Å². The summed E-state index contributed by atoms with van der Waals surface area (Å²) in [5, 5.41) is 4.01. The summed E-state index contributed by atoms with van der Waals surface area (Å²) in [4.78, 5) is 42.2. The second kappa shape index (κ2) is 7.79. The molecule has 0 radical (unpaired) electrons. The van der Waals surface area contributed by atoms with E-state index < -0.39 is 11.9 Å². The van der Waals surface area contributed by atoms with Crippen molar-refractivity contribution >= 4 is 17.5 Å². The summed E-state index contributed by atoms with van der Waals surface area (Å²) in [6.45, 7) is 1.06. The topological polar surface area (TPSA) is 78.8 Å². The van der Waals surface area contributed by atoms with Crippen LogP contribution in [0.2, 0.25) is 0 Å². The van der Waals surface area contributed by atoms with E-state index in [9.17, 15) is 18.8 Å². The number of amides is 2. The number of nitrogens with zero attached hydrogens (tertiary/aromatic N) is 5. The van der Waals surface area contributed by atoms with Gasteiger partial charge in [0.2, 0.25) is 5.91 Å². The Morgan fingerprint density at radius 3 is 2.39 bits per heavy atom. The molecule has 148 valence electrons. The SMILES string of the molecule is CN(C)C(=O)C1CN(c2ccc(F)cc2)CCN1C(=O)c1ccc(=O)n(C)n1. The number of aryl methyl sites for hydroxylation is 1. The molecule has 28 heavy (non-hydrogen) atoms. The van der Waals surface area contributed by atoms with Gasteiger partial charge in [0.1, 0.15) is 17.6 Å². The van der Waals surface area contributed by atoms with Gasteiger partial charge in [0.05, 0.1) is 0 Å². The minimum absolute atomic E-state index is 0.105.